The summed E-state index contributed by atoms with van der Waals surface area (Å²) in [5.74, 6) is 0.459. The lowest BCUT2D eigenvalue weighted by atomic mass is 9.83. The van der Waals surface area contributed by atoms with Crippen LogP contribution in [0.1, 0.15) is 55.3 Å². The van der Waals surface area contributed by atoms with E-state index in [1.165, 1.54) is 12.0 Å². The van der Waals surface area contributed by atoms with E-state index in [1.807, 2.05) is 48.2 Å². The highest BCUT2D eigenvalue weighted by molar-refractivity contribution is 6.30. The number of hydrogen-bond acceptors (Lipinski definition) is 2. The minimum absolute atomic E-state index is 0.00731. The third-order valence-electron chi connectivity index (χ3n) is 6.58. The highest BCUT2D eigenvalue weighted by Crippen LogP contribution is 2.35. The summed E-state index contributed by atoms with van der Waals surface area (Å²) < 4.78 is 0. The largest absolute Gasteiger partial charge is 0.328 e. The van der Waals surface area contributed by atoms with Crippen molar-refractivity contribution in [2.75, 3.05) is 6.54 Å². The Balaban J connectivity index is 1.68. The average Bonchev–Trinajstić information content (AvgIpc) is 2.74. The Bertz CT molecular complexity index is 910. The Morgan fingerprint density at radius 2 is 1.63 bits per heavy atom. The molecule has 1 heterocycles. The number of benzene rings is 2. The molecular weight excluding hydrogens is 396 g/mol. The lowest BCUT2D eigenvalue weighted by Gasteiger charge is -2.46. The summed E-state index contributed by atoms with van der Waals surface area (Å²) in [7, 11) is 0. The molecule has 0 spiro atoms. The molecular formula is C25H29ClN2O2. The van der Waals surface area contributed by atoms with Gasteiger partial charge in [-0.05, 0) is 48.9 Å². The first-order valence-electron chi connectivity index (χ1n) is 10.8. The van der Waals surface area contributed by atoms with Crippen molar-refractivity contribution in [3.05, 3.63) is 70.2 Å². The van der Waals surface area contributed by atoms with Crippen LogP contribution in [0.2, 0.25) is 5.02 Å². The molecule has 3 atom stereocenters. The molecule has 1 saturated carbocycles. The van der Waals surface area contributed by atoms with Crippen molar-refractivity contribution in [3.63, 3.8) is 0 Å². The van der Waals surface area contributed by atoms with Gasteiger partial charge in [-0.2, -0.15) is 0 Å². The third kappa shape index (κ3) is 4.24. The van der Waals surface area contributed by atoms with Crippen LogP contribution in [0.3, 0.4) is 0 Å². The van der Waals surface area contributed by atoms with E-state index in [0.29, 0.717) is 17.5 Å². The van der Waals surface area contributed by atoms with Crippen LogP contribution in [0.15, 0.2) is 48.5 Å². The van der Waals surface area contributed by atoms with Crippen molar-refractivity contribution in [3.8, 4) is 0 Å². The zero-order valence-electron chi connectivity index (χ0n) is 17.7. The zero-order valence-corrected chi connectivity index (χ0v) is 18.4. The Labute approximate surface area is 183 Å². The van der Waals surface area contributed by atoms with Gasteiger partial charge in [0.2, 0.25) is 5.91 Å². The number of nitrogens with zero attached hydrogens (tertiary/aromatic N) is 2. The van der Waals surface area contributed by atoms with E-state index >= 15 is 0 Å². The van der Waals surface area contributed by atoms with Gasteiger partial charge in [0.25, 0.3) is 5.91 Å². The van der Waals surface area contributed by atoms with Gasteiger partial charge in [0.05, 0.1) is 0 Å². The van der Waals surface area contributed by atoms with Gasteiger partial charge in [-0.3, -0.25) is 9.59 Å². The second-order valence-electron chi connectivity index (χ2n) is 8.76. The fourth-order valence-corrected chi connectivity index (χ4v) is 4.95. The van der Waals surface area contributed by atoms with Crippen LogP contribution in [0, 0.1) is 12.8 Å². The van der Waals surface area contributed by atoms with Gasteiger partial charge >= 0.3 is 0 Å². The molecule has 1 aliphatic carbocycles. The molecule has 2 aromatic rings. The van der Waals surface area contributed by atoms with E-state index in [-0.39, 0.29) is 24.4 Å². The highest BCUT2D eigenvalue weighted by atomic mass is 35.5. The molecule has 5 heteroatoms. The summed E-state index contributed by atoms with van der Waals surface area (Å²) in [6.45, 7) is 4.84. The van der Waals surface area contributed by atoms with E-state index in [1.54, 1.807) is 17.0 Å². The van der Waals surface area contributed by atoms with E-state index in [2.05, 4.69) is 6.92 Å². The molecule has 158 valence electrons. The highest BCUT2D eigenvalue weighted by Gasteiger charge is 2.44. The first kappa shape index (κ1) is 20.9. The van der Waals surface area contributed by atoms with E-state index in [9.17, 15) is 9.59 Å². The van der Waals surface area contributed by atoms with Crippen LogP contribution < -0.4 is 0 Å². The van der Waals surface area contributed by atoms with Crippen LogP contribution in [0.5, 0.6) is 0 Å². The number of aryl methyl sites for hydroxylation is 1. The number of carbonyl (C=O) groups excluding carboxylic acids is 2. The van der Waals surface area contributed by atoms with Gasteiger partial charge in [0.15, 0.2) is 0 Å². The van der Waals surface area contributed by atoms with Crippen molar-refractivity contribution in [2.45, 2.75) is 58.2 Å². The van der Waals surface area contributed by atoms with Crippen LogP contribution in [0.25, 0.3) is 0 Å². The molecule has 0 bridgehead atoms. The Morgan fingerprint density at radius 1 is 0.967 bits per heavy atom. The Hall–Kier alpha value is -2.33. The van der Waals surface area contributed by atoms with Crippen molar-refractivity contribution < 1.29 is 9.59 Å². The summed E-state index contributed by atoms with van der Waals surface area (Å²) in [5.41, 5.74) is 3.02. The molecule has 0 N–H and O–H groups in total. The summed E-state index contributed by atoms with van der Waals surface area (Å²) in [6, 6.07) is 15.0. The first-order chi connectivity index (χ1) is 14.4. The van der Waals surface area contributed by atoms with Gasteiger partial charge in [-0.1, -0.05) is 73.3 Å². The summed E-state index contributed by atoms with van der Waals surface area (Å²) in [5, 5.41) is 0.621. The zero-order chi connectivity index (χ0) is 21.3. The fourth-order valence-electron chi connectivity index (χ4n) is 4.83. The first-order valence-corrected chi connectivity index (χ1v) is 11.2. The van der Waals surface area contributed by atoms with E-state index < -0.39 is 6.04 Å². The molecule has 30 heavy (non-hydrogen) atoms. The maximum atomic E-state index is 13.8. The van der Waals surface area contributed by atoms with Crippen LogP contribution >= 0.6 is 11.6 Å². The van der Waals surface area contributed by atoms with Crippen molar-refractivity contribution >= 4 is 23.4 Å². The second kappa shape index (κ2) is 8.81. The maximum absolute atomic E-state index is 13.8. The molecule has 4 nitrogen and oxygen atoms in total. The summed E-state index contributed by atoms with van der Waals surface area (Å²) in [6.07, 6.45) is 4.41. The van der Waals surface area contributed by atoms with Crippen molar-refractivity contribution in [1.82, 2.24) is 9.80 Å². The molecule has 2 aromatic carbocycles. The van der Waals surface area contributed by atoms with E-state index in [0.717, 1.165) is 30.4 Å². The molecule has 2 aliphatic rings. The third-order valence-corrected chi connectivity index (χ3v) is 6.83. The monoisotopic (exact) mass is 424 g/mol. The van der Waals surface area contributed by atoms with Crippen molar-refractivity contribution in [2.24, 2.45) is 5.92 Å². The lowest BCUT2D eigenvalue weighted by molar-refractivity contribution is -0.161. The molecule has 2 fully saturated rings. The van der Waals surface area contributed by atoms with Gasteiger partial charge < -0.3 is 9.80 Å². The fraction of sp³-hybridized carbons (Fsp3) is 0.440. The second-order valence-corrected chi connectivity index (χ2v) is 9.19. The molecule has 0 unspecified atom stereocenters. The quantitative estimate of drug-likeness (QED) is 0.681. The predicted octanol–water partition coefficient (Wildman–Crippen LogP) is 5.14. The molecule has 0 aromatic heterocycles. The van der Waals surface area contributed by atoms with Gasteiger partial charge in [0.1, 0.15) is 12.6 Å². The van der Waals surface area contributed by atoms with Gasteiger partial charge in [-0.15, -0.1) is 0 Å². The minimum Gasteiger partial charge on any atom is -0.328 e. The Kier molecular flexibility index (Phi) is 6.14. The summed E-state index contributed by atoms with van der Waals surface area (Å²) in [4.78, 5) is 30.7. The van der Waals surface area contributed by atoms with Crippen LogP contribution in [-0.4, -0.2) is 34.2 Å². The molecule has 4 rings (SSSR count). The molecule has 1 aliphatic heterocycles. The lowest BCUT2D eigenvalue weighted by Crippen LogP contribution is -2.59. The number of hydrogen-bond donors (Lipinski definition) is 0. The number of carbonyl (C=O) groups is 2. The Morgan fingerprint density at radius 3 is 2.30 bits per heavy atom. The predicted molar refractivity (Wildman–Crippen MR) is 119 cm³/mol. The molecule has 1 saturated heterocycles. The number of rotatable bonds is 4. The standard InChI is InChI=1S/C25H29ClN2O2/c1-17-7-9-19(10-8-17)15-28-23(29)16-27(22-6-4-3-5-18(22)2)25(30)24(28)20-11-13-21(26)14-12-20/h7-14,18,22,24H,3-6,15-16H2,1-2H3/t18-,22+,24-/m0/s1. The van der Waals surface area contributed by atoms with Crippen molar-refractivity contribution in [1.29, 1.82) is 0 Å². The molecule has 2 amide bonds. The minimum atomic E-state index is -0.612. The van der Waals surface area contributed by atoms with Crippen LogP contribution in [0.4, 0.5) is 0 Å². The number of amides is 2. The normalized spacial score (nSPS) is 25.0. The smallest absolute Gasteiger partial charge is 0.250 e. The average molecular weight is 425 g/mol. The topological polar surface area (TPSA) is 40.6 Å². The molecule has 0 radical (unpaired) electrons. The maximum Gasteiger partial charge on any atom is 0.250 e. The van der Waals surface area contributed by atoms with Crippen LogP contribution in [-0.2, 0) is 16.1 Å². The van der Waals surface area contributed by atoms with E-state index in [4.69, 9.17) is 11.6 Å². The number of piperazine rings is 1. The number of halogens is 1. The summed E-state index contributed by atoms with van der Waals surface area (Å²) >= 11 is 6.09. The SMILES string of the molecule is Cc1ccc(CN2C(=O)CN([C@@H]3CCCC[C@@H]3C)C(=O)[C@@H]2c2ccc(Cl)cc2)cc1. The van der Waals surface area contributed by atoms with Gasteiger partial charge in [-0.25, -0.2) is 0 Å². The van der Waals surface area contributed by atoms with Gasteiger partial charge in [0, 0.05) is 17.6 Å².